The van der Waals surface area contributed by atoms with Crippen molar-refractivity contribution in [2.45, 2.75) is 0 Å². The molecular formula is C8H8FeO2. The molecule has 2 nitrogen and oxygen atoms in total. The van der Waals surface area contributed by atoms with Crippen LogP contribution in [0.25, 0.3) is 0 Å². The second kappa shape index (κ2) is 5.08. The zero-order chi connectivity index (χ0) is 7.40. The van der Waals surface area contributed by atoms with Crippen LogP contribution in [-0.2, 0) is 17.1 Å². The molecule has 0 fully saturated rings. The van der Waals surface area contributed by atoms with E-state index in [1.807, 2.05) is 6.07 Å². The molecule has 0 aliphatic rings. The van der Waals surface area contributed by atoms with Gasteiger partial charge in [-0.05, 0) is 0 Å². The minimum atomic E-state index is -0.413. The van der Waals surface area contributed by atoms with Gasteiger partial charge in [0.2, 0.25) is 0 Å². The number of carbonyl (C=O) groups is 1. The molecular weight excluding hydrogens is 184 g/mol. The Morgan fingerprint density at radius 3 is 2.27 bits per heavy atom. The fourth-order valence-electron chi connectivity index (χ4n) is 0.715. The molecule has 1 N–H and O–H groups in total. The zero-order valence-electron chi connectivity index (χ0n) is 5.80. The Bertz CT molecular complexity index is 221. The van der Waals surface area contributed by atoms with Crippen LogP contribution in [0, 0.1) is 0 Å². The van der Waals surface area contributed by atoms with Gasteiger partial charge >= 0.3 is 0 Å². The molecule has 0 saturated carbocycles. The number of aliphatic hydroxyl groups excluding tert-OH is 1. The first-order valence-electron chi connectivity index (χ1n) is 3.03. The van der Waals surface area contributed by atoms with Crippen molar-refractivity contribution in [3.8, 4) is 0 Å². The first kappa shape index (κ1) is 10.4. The van der Waals surface area contributed by atoms with Crippen LogP contribution in [-0.4, -0.2) is 17.5 Å². The smallest absolute Gasteiger partial charge is 0.188 e. The summed E-state index contributed by atoms with van der Waals surface area (Å²) >= 11 is 0. The molecule has 1 aromatic carbocycles. The molecule has 0 radical (unpaired) electrons. The normalized spacial score (nSPS) is 8.45. The van der Waals surface area contributed by atoms with Crippen LogP contribution in [0.15, 0.2) is 30.3 Å². The van der Waals surface area contributed by atoms with E-state index in [9.17, 15) is 4.79 Å². The fourth-order valence-corrected chi connectivity index (χ4v) is 0.715. The average molecular weight is 192 g/mol. The Balaban J connectivity index is 0.000001000. The second-order valence-electron chi connectivity index (χ2n) is 1.95. The Kier molecular flexibility index (Phi) is 4.79. The number of hydrogen-bond acceptors (Lipinski definition) is 2. The van der Waals surface area contributed by atoms with Crippen LogP contribution >= 0.6 is 0 Å². The van der Waals surface area contributed by atoms with Gasteiger partial charge in [-0.2, -0.15) is 0 Å². The number of aliphatic hydroxyl groups is 1. The van der Waals surface area contributed by atoms with Gasteiger partial charge in [-0.3, -0.25) is 4.79 Å². The standard InChI is InChI=1S/C8H8O2.Fe/c9-6-8(10)7-4-2-1-3-5-7;/h1-5,9H,6H2;. The number of benzene rings is 1. The summed E-state index contributed by atoms with van der Waals surface area (Å²) in [4.78, 5) is 10.8. The van der Waals surface area contributed by atoms with Crippen LogP contribution < -0.4 is 0 Å². The molecule has 0 aliphatic carbocycles. The summed E-state index contributed by atoms with van der Waals surface area (Å²) < 4.78 is 0. The van der Waals surface area contributed by atoms with Gasteiger partial charge in [0.1, 0.15) is 6.61 Å². The molecule has 1 aromatic rings. The van der Waals surface area contributed by atoms with Crippen LogP contribution in [0.3, 0.4) is 0 Å². The summed E-state index contributed by atoms with van der Waals surface area (Å²) in [5, 5.41) is 8.44. The van der Waals surface area contributed by atoms with Gasteiger partial charge in [-0.1, -0.05) is 30.3 Å². The van der Waals surface area contributed by atoms with E-state index in [2.05, 4.69) is 0 Å². The SMILES string of the molecule is O=C(CO)c1ccccc1.[Fe]. The van der Waals surface area contributed by atoms with Crippen molar-refractivity contribution in [1.82, 2.24) is 0 Å². The van der Waals surface area contributed by atoms with Crippen LogP contribution in [0.4, 0.5) is 0 Å². The number of hydrogen-bond donors (Lipinski definition) is 1. The Morgan fingerprint density at radius 1 is 1.27 bits per heavy atom. The Labute approximate surface area is 75.7 Å². The van der Waals surface area contributed by atoms with E-state index in [1.54, 1.807) is 24.3 Å². The summed E-state index contributed by atoms with van der Waals surface area (Å²) in [6.07, 6.45) is 0. The maximum Gasteiger partial charge on any atom is 0.188 e. The number of Topliss-reactive ketones (excluding diaryl/α,β-unsaturated/α-hetero) is 1. The van der Waals surface area contributed by atoms with Crippen molar-refractivity contribution in [2.75, 3.05) is 6.61 Å². The number of rotatable bonds is 2. The largest absolute Gasteiger partial charge is 0.388 e. The first-order valence-corrected chi connectivity index (χ1v) is 3.03. The third-order valence-corrected chi connectivity index (χ3v) is 1.24. The first-order chi connectivity index (χ1) is 4.84. The molecule has 0 aliphatic heterocycles. The summed E-state index contributed by atoms with van der Waals surface area (Å²) in [7, 11) is 0. The molecule has 1 rings (SSSR count). The summed E-state index contributed by atoms with van der Waals surface area (Å²) in [5.41, 5.74) is 0.560. The number of carbonyl (C=O) groups excluding carboxylic acids is 1. The predicted octanol–water partition coefficient (Wildman–Crippen LogP) is 0.859. The zero-order valence-corrected chi connectivity index (χ0v) is 6.91. The van der Waals surface area contributed by atoms with Crippen molar-refractivity contribution in [3.05, 3.63) is 35.9 Å². The van der Waals surface area contributed by atoms with E-state index in [0.717, 1.165) is 0 Å². The second-order valence-corrected chi connectivity index (χ2v) is 1.95. The van der Waals surface area contributed by atoms with Gasteiger partial charge in [0, 0.05) is 22.6 Å². The average Bonchev–Trinajstić information content (AvgIpc) is 2.05. The quantitative estimate of drug-likeness (QED) is 0.557. The summed E-state index contributed by atoms with van der Waals surface area (Å²) in [6, 6.07) is 8.72. The number of ketones is 1. The maximum atomic E-state index is 10.8. The van der Waals surface area contributed by atoms with E-state index in [4.69, 9.17) is 5.11 Å². The van der Waals surface area contributed by atoms with Gasteiger partial charge in [-0.15, -0.1) is 0 Å². The molecule has 0 bridgehead atoms. The van der Waals surface area contributed by atoms with Crippen molar-refractivity contribution in [2.24, 2.45) is 0 Å². The topological polar surface area (TPSA) is 37.3 Å². The molecule has 11 heavy (non-hydrogen) atoms. The fraction of sp³-hybridized carbons (Fsp3) is 0.125. The maximum absolute atomic E-state index is 10.8. The van der Waals surface area contributed by atoms with Gasteiger partial charge < -0.3 is 5.11 Å². The Hall–Kier alpha value is -0.631. The molecule has 3 heteroatoms. The summed E-state index contributed by atoms with van der Waals surface area (Å²) in [5.74, 6) is -0.236. The Morgan fingerprint density at radius 2 is 1.82 bits per heavy atom. The van der Waals surface area contributed by atoms with Crippen molar-refractivity contribution in [3.63, 3.8) is 0 Å². The van der Waals surface area contributed by atoms with Gasteiger partial charge in [0.05, 0.1) is 0 Å². The third-order valence-electron chi connectivity index (χ3n) is 1.24. The van der Waals surface area contributed by atoms with Crippen molar-refractivity contribution >= 4 is 5.78 Å². The minimum absolute atomic E-state index is 0. The molecule has 0 saturated heterocycles. The monoisotopic (exact) mass is 192 g/mol. The summed E-state index contributed by atoms with van der Waals surface area (Å²) in [6.45, 7) is -0.413. The van der Waals surface area contributed by atoms with Crippen LogP contribution in [0.5, 0.6) is 0 Å². The molecule has 0 atom stereocenters. The minimum Gasteiger partial charge on any atom is -0.388 e. The van der Waals surface area contributed by atoms with Crippen molar-refractivity contribution < 1.29 is 27.0 Å². The van der Waals surface area contributed by atoms with Gasteiger partial charge in [0.15, 0.2) is 5.78 Å². The molecule has 0 unspecified atom stereocenters. The predicted molar refractivity (Wildman–Crippen MR) is 37.9 cm³/mol. The van der Waals surface area contributed by atoms with E-state index < -0.39 is 6.61 Å². The van der Waals surface area contributed by atoms with E-state index >= 15 is 0 Å². The van der Waals surface area contributed by atoms with Crippen LogP contribution in [0.2, 0.25) is 0 Å². The van der Waals surface area contributed by atoms with Gasteiger partial charge in [0.25, 0.3) is 0 Å². The molecule has 0 spiro atoms. The molecule has 0 heterocycles. The molecule has 0 aromatic heterocycles. The van der Waals surface area contributed by atoms with Gasteiger partial charge in [-0.25, -0.2) is 0 Å². The van der Waals surface area contributed by atoms with E-state index in [0.29, 0.717) is 5.56 Å². The van der Waals surface area contributed by atoms with E-state index in [1.165, 1.54) is 0 Å². The van der Waals surface area contributed by atoms with E-state index in [-0.39, 0.29) is 22.9 Å². The molecule has 0 amide bonds. The van der Waals surface area contributed by atoms with Crippen LogP contribution in [0.1, 0.15) is 10.4 Å². The molecule has 60 valence electrons. The third kappa shape index (κ3) is 2.85. The van der Waals surface area contributed by atoms with Crippen molar-refractivity contribution in [1.29, 1.82) is 0 Å².